The smallest absolute Gasteiger partial charge is 0.160 e. The van der Waals surface area contributed by atoms with Crippen molar-refractivity contribution in [3.8, 4) is 33.8 Å². The van der Waals surface area contributed by atoms with Gasteiger partial charge in [0.2, 0.25) is 0 Å². The third-order valence-electron chi connectivity index (χ3n) is 6.90. The Balaban J connectivity index is 1.50. The van der Waals surface area contributed by atoms with Gasteiger partial charge in [0, 0.05) is 21.0 Å². The van der Waals surface area contributed by atoms with Crippen LogP contribution in [-0.2, 0) is 0 Å². The molecule has 0 aliphatic carbocycles. The fraction of sp³-hybridized carbons (Fsp3) is 0. The van der Waals surface area contributed by atoms with Gasteiger partial charge in [-0.25, -0.2) is 9.97 Å². The van der Waals surface area contributed by atoms with E-state index in [2.05, 4.69) is 137 Å². The molecule has 37 heavy (non-hydrogen) atoms. The average molecular weight is 537 g/mol. The summed E-state index contributed by atoms with van der Waals surface area (Å²) in [7, 11) is 0. The van der Waals surface area contributed by atoms with Crippen molar-refractivity contribution in [1.82, 2.24) is 9.97 Å². The molecule has 174 valence electrons. The molecule has 1 heterocycles. The molecule has 0 bridgehead atoms. The summed E-state index contributed by atoms with van der Waals surface area (Å²) in [5, 5.41) is 5.78. The lowest BCUT2D eigenvalue weighted by Gasteiger charge is -2.13. The molecule has 7 rings (SSSR count). The van der Waals surface area contributed by atoms with E-state index in [-0.39, 0.29) is 0 Å². The standard InChI is InChI=1S/C34H21BrN2/c35-31-21-28(19-26-12-6-7-13-29(26)31)34-36-32-17-16-25(22-8-2-1-3-9-22)20-30(32)33(37-34)27-15-14-23-10-4-5-11-24(23)18-27/h1-21H. The van der Waals surface area contributed by atoms with Gasteiger partial charge in [-0.3, -0.25) is 0 Å². The van der Waals surface area contributed by atoms with Crippen LogP contribution in [0.15, 0.2) is 132 Å². The van der Waals surface area contributed by atoms with Gasteiger partial charge in [-0.05, 0) is 63.0 Å². The van der Waals surface area contributed by atoms with Crippen LogP contribution < -0.4 is 0 Å². The Labute approximate surface area is 223 Å². The van der Waals surface area contributed by atoms with E-state index in [0.29, 0.717) is 0 Å². The van der Waals surface area contributed by atoms with E-state index in [4.69, 9.17) is 9.97 Å². The molecular formula is C34H21BrN2. The zero-order chi connectivity index (χ0) is 24.8. The van der Waals surface area contributed by atoms with Crippen LogP contribution in [0.4, 0.5) is 0 Å². The van der Waals surface area contributed by atoms with Crippen LogP contribution in [-0.4, -0.2) is 9.97 Å². The number of halogens is 1. The minimum atomic E-state index is 0.717. The molecule has 3 heteroatoms. The molecule has 0 saturated heterocycles. The Morgan fingerprint density at radius 2 is 1.14 bits per heavy atom. The molecule has 0 saturated carbocycles. The highest BCUT2D eigenvalue weighted by atomic mass is 79.9. The van der Waals surface area contributed by atoms with Crippen LogP contribution in [0.25, 0.3) is 66.2 Å². The first-order chi connectivity index (χ1) is 18.2. The SMILES string of the molecule is Brc1cc(-c2nc(-c3ccc4ccccc4c3)c3cc(-c4ccccc4)ccc3n2)cc2ccccc12. The average Bonchev–Trinajstić information content (AvgIpc) is 2.96. The lowest BCUT2D eigenvalue weighted by Crippen LogP contribution is -1.96. The van der Waals surface area contributed by atoms with E-state index in [0.717, 1.165) is 49.0 Å². The van der Waals surface area contributed by atoms with E-state index in [1.807, 2.05) is 6.07 Å². The van der Waals surface area contributed by atoms with Gasteiger partial charge in [0.1, 0.15) is 0 Å². The fourth-order valence-electron chi connectivity index (χ4n) is 5.02. The third kappa shape index (κ3) is 3.98. The van der Waals surface area contributed by atoms with Gasteiger partial charge in [-0.15, -0.1) is 0 Å². The third-order valence-corrected chi connectivity index (χ3v) is 7.55. The van der Waals surface area contributed by atoms with Crippen molar-refractivity contribution in [1.29, 1.82) is 0 Å². The number of fused-ring (bicyclic) bond motifs is 3. The molecule has 0 aliphatic rings. The molecular weight excluding hydrogens is 516 g/mol. The van der Waals surface area contributed by atoms with Crippen LogP contribution in [0.2, 0.25) is 0 Å². The largest absolute Gasteiger partial charge is 0.228 e. The highest BCUT2D eigenvalue weighted by Gasteiger charge is 2.14. The topological polar surface area (TPSA) is 25.8 Å². The van der Waals surface area contributed by atoms with E-state index in [9.17, 15) is 0 Å². The predicted molar refractivity (Wildman–Crippen MR) is 159 cm³/mol. The maximum Gasteiger partial charge on any atom is 0.160 e. The Morgan fingerprint density at radius 3 is 2.00 bits per heavy atom. The van der Waals surface area contributed by atoms with E-state index in [1.165, 1.54) is 21.7 Å². The zero-order valence-corrected chi connectivity index (χ0v) is 21.5. The lowest BCUT2D eigenvalue weighted by atomic mass is 9.98. The van der Waals surface area contributed by atoms with Crippen LogP contribution in [0, 0.1) is 0 Å². The van der Waals surface area contributed by atoms with Crippen molar-refractivity contribution >= 4 is 48.4 Å². The fourth-order valence-corrected chi connectivity index (χ4v) is 5.63. The minimum absolute atomic E-state index is 0.717. The first kappa shape index (κ1) is 21.9. The highest BCUT2D eigenvalue weighted by molar-refractivity contribution is 9.10. The number of rotatable bonds is 3. The summed E-state index contributed by atoms with van der Waals surface area (Å²) in [6, 6.07) is 44.6. The van der Waals surface area contributed by atoms with Gasteiger partial charge in [0.15, 0.2) is 5.82 Å². The van der Waals surface area contributed by atoms with E-state index >= 15 is 0 Å². The Morgan fingerprint density at radius 1 is 0.432 bits per heavy atom. The van der Waals surface area contributed by atoms with Crippen molar-refractivity contribution in [3.63, 3.8) is 0 Å². The molecule has 0 amide bonds. The molecule has 0 N–H and O–H groups in total. The molecule has 2 nitrogen and oxygen atoms in total. The second-order valence-electron chi connectivity index (χ2n) is 9.23. The van der Waals surface area contributed by atoms with Crippen molar-refractivity contribution in [2.45, 2.75) is 0 Å². The Hall–Kier alpha value is -4.34. The first-order valence-electron chi connectivity index (χ1n) is 12.3. The van der Waals surface area contributed by atoms with Gasteiger partial charge in [0.25, 0.3) is 0 Å². The molecule has 7 aromatic rings. The molecule has 0 aliphatic heterocycles. The van der Waals surface area contributed by atoms with Crippen molar-refractivity contribution in [2.75, 3.05) is 0 Å². The summed E-state index contributed by atoms with van der Waals surface area (Å²) in [4.78, 5) is 10.2. The van der Waals surface area contributed by atoms with Crippen molar-refractivity contribution in [3.05, 3.63) is 132 Å². The predicted octanol–water partition coefficient (Wildman–Crippen LogP) is 9.70. The Bertz CT molecular complexity index is 1940. The summed E-state index contributed by atoms with van der Waals surface area (Å²) in [5.41, 5.74) is 6.26. The molecule has 0 radical (unpaired) electrons. The maximum absolute atomic E-state index is 5.20. The maximum atomic E-state index is 5.20. The van der Waals surface area contributed by atoms with Gasteiger partial charge in [-0.2, -0.15) is 0 Å². The van der Waals surface area contributed by atoms with E-state index in [1.54, 1.807) is 0 Å². The van der Waals surface area contributed by atoms with Crippen molar-refractivity contribution < 1.29 is 0 Å². The van der Waals surface area contributed by atoms with E-state index < -0.39 is 0 Å². The Kier molecular flexibility index (Phi) is 5.30. The molecule has 6 aromatic carbocycles. The number of benzene rings is 6. The van der Waals surface area contributed by atoms with Gasteiger partial charge in [0.05, 0.1) is 11.2 Å². The van der Waals surface area contributed by atoms with Crippen LogP contribution in [0.5, 0.6) is 0 Å². The van der Waals surface area contributed by atoms with Crippen LogP contribution >= 0.6 is 15.9 Å². The van der Waals surface area contributed by atoms with Gasteiger partial charge >= 0.3 is 0 Å². The molecule has 0 atom stereocenters. The summed E-state index contributed by atoms with van der Waals surface area (Å²) in [6.07, 6.45) is 0. The molecule has 0 unspecified atom stereocenters. The zero-order valence-electron chi connectivity index (χ0n) is 19.9. The number of hydrogen-bond acceptors (Lipinski definition) is 2. The molecule has 0 spiro atoms. The van der Waals surface area contributed by atoms with Crippen LogP contribution in [0.3, 0.4) is 0 Å². The summed E-state index contributed by atoms with van der Waals surface area (Å²) in [5.74, 6) is 0.717. The highest BCUT2D eigenvalue weighted by Crippen LogP contribution is 2.35. The number of hydrogen-bond donors (Lipinski definition) is 0. The quantitative estimate of drug-likeness (QED) is 0.224. The second-order valence-corrected chi connectivity index (χ2v) is 10.1. The van der Waals surface area contributed by atoms with Gasteiger partial charge < -0.3 is 0 Å². The summed E-state index contributed by atoms with van der Waals surface area (Å²) < 4.78 is 1.04. The van der Waals surface area contributed by atoms with Gasteiger partial charge in [-0.1, -0.05) is 113 Å². The monoisotopic (exact) mass is 536 g/mol. The van der Waals surface area contributed by atoms with Crippen molar-refractivity contribution in [2.24, 2.45) is 0 Å². The lowest BCUT2D eigenvalue weighted by molar-refractivity contribution is 1.23. The molecule has 0 fully saturated rings. The van der Waals surface area contributed by atoms with Crippen LogP contribution in [0.1, 0.15) is 0 Å². The normalized spacial score (nSPS) is 11.4. The number of aromatic nitrogens is 2. The number of nitrogens with zero attached hydrogens (tertiary/aromatic N) is 2. The first-order valence-corrected chi connectivity index (χ1v) is 13.1. The molecule has 1 aromatic heterocycles. The summed E-state index contributed by atoms with van der Waals surface area (Å²) in [6.45, 7) is 0. The second kappa shape index (κ2) is 8.95. The minimum Gasteiger partial charge on any atom is -0.228 e. The summed E-state index contributed by atoms with van der Waals surface area (Å²) >= 11 is 3.77.